The van der Waals surface area contributed by atoms with Crippen LogP contribution >= 0.6 is 7.60 Å². The first-order valence-electron chi connectivity index (χ1n) is 17.6. The fourth-order valence-electron chi connectivity index (χ4n) is 5.68. The first-order valence-corrected chi connectivity index (χ1v) is 19.3. The first kappa shape index (κ1) is 39.4. The fraction of sp³-hybridized carbons (Fsp3) is 0.818. The van der Waals surface area contributed by atoms with Crippen molar-refractivity contribution in [1.29, 1.82) is 0 Å². The lowest BCUT2D eigenvalue weighted by Gasteiger charge is -2.21. The number of fused-ring (bicyclic) bond motifs is 1. The molecule has 0 aliphatic rings. The van der Waals surface area contributed by atoms with Crippen LogP contribution in [-0.2, 0) is 20.2 Å². The number of unbranched alkanes of at least 4 members (excludes halogenated alkanes) is 18. The Hall–Kier alpha value is -1.75. The van der Waals surface area contributed by atoms with E-state index in [0.29, 0.717) is 30.8 Å². The van der Waals surface area contributed by atoms with Crippen molar-refractivity contribution in [2.75, 3.05) is 38.3 Å². The lowest BCUT2D eigenvalue weighted by Crippen LogP contribution is -2.29. The highest BCUT2D eigenvalue weighted by Crippen LogP contribution is 2.48. The van der Waals surface area contributed by atoms with E-state index in [1.54, 1.807) is 13.1 Å². The number of nitrogens with one attached hydrogen (secondary N) is 3. The predicted octanol–water partition coefficient (Wildman–Crippen LogP) is 6.93. The number of aromatic nitrogens is 3. The van der Waals surface area contributed by atoms with E-state index in [2.05, 4.69) is 20.3 Å². The van der Waals surface area contributed by atoms with Gasteiger partial charge in [0.2, 0.25) is 5.95 Å². The average Bonchev–Trinajstić information content (AvgIpc) is 3.41. The Balaban J connectivity index is 1.44. The van der Waals surface area contributed by atoms with Crippen LogP contribution in [0.5, 0.6) is 0 Å². The van der Waals surface area contributed by atoms with Gasteiger partial charge in [-0.1, -0.05) is 109 Å². The van der Waals surface area contributed by atoms with Gasteiger partial charge in [0.25, 0.3) is 5.56 Å². The zero-order valence-corrected chi connectivity index (χ0v) is 28.7. The quantitative estimate of drug-likeness (QED) is 0.0385. The van der Waals surface area contributed by atoms with Crippen molar-refractivity contribution in [2.45, 2.75) is 142 Å². The molecule has 11 nitrogen and oxygen atoms in total. The lowest BCUT2D eigenvalue weighted by molar-refractivity contribution is 0.162. The maximum absolute atomic E-state index is 13.2. The second-order valence-corrected chi connectivity index (χ2v) is 14.4. The van der Waals surface area contributed by atoms with E-state index < -0.39 is 13.7 Å². The van der Waals surface area contributed by atoms with Gasteiger partial charge in [0, 0.05) is 31.5 Å². The molecule has 0 amide bonds. The van der Waals surface area contributed by atoms with Gasteiger partial charge in [-0.2, -0.15) is 0 Å². The molecule has 0 aromatic carbocycles. The zero-order chi connectivity index (χ0) is 32.6. The van der Waals surface area contributed by atoms with Crippen LogP contribution in [0, 0.1) is 0 Å². The number of aromatic amines is 2. The van der Waals surface area contributed by atoms with E-state index in [1.807, 2.05) is 0 Å². The van der Waals surface area contributed by atoms with Crippen molar-refractivity contribution in [1.82, 2.24) is 20.3 Å². The second kappa shape index (κ2) is 24.4. The third kappa shape index (κ3) is 17.7. The fourth-order valence-corrected chi connectivity index (χ4v) is 7.41. The molecule has 2 rings (SSSR count). The third-order valence-corrected chi connectivity index (χ3v) is 10.3. The summed E-state index contributed by atoms with van der Waals surface area (Å²) >= 11 is 0. The summed E-state index contributed by atoms with van der Waals surface area (Å²) in [5.74, 6) is 0.0411. The summed E-state index contributed by atoms with van der Waals surface area (Å²) in [4.78, 5) is 21.5. The topological polar surface area (TPSA) is 176 Å². The van der Waals surface area contributed by atoms with Crippen molar-refractivity contribution in [3.63, 3.8) is 0 Å². The number of hydrogen-bond donors (Lipinski definition) is 6. The molecule has 0 aliphatic heterocycles. The van der Waals surface area contributed by atoms with E-state index in [0.717, 1.165) is 31.2 Å². The van der Waals surface area contributed by atoms with Gasteiger partial charge in [0.15, 0.2) is 0 Å². The standard InChI is InChI=1S/C33H62N5O6P/c1-2-43-45(42,27-29(40)26-35-24-28-25-36-31-30(28)37-33(34)38-32(31)41)44-23-21-19-17-15-13-11-9-7-5-3-4-6-8-10-12-14-16-18-20-22-39/h25,29,35-36,39-40H,2-24,26-27H2,1H3,(H3,34,37,38,41)/t29-,45?/m1/s1. The molecule has 0 radical (unpaired) electrons. The van der Waals surface area contributed by atoms with Crippen LogP contribution in [0.2, 0.25) is 0 Å². The molecule has 0 spiro atoms. The molecule has 12 heteroatoms. The molecule has 7 N–H and O–H groups in total. The number of nitrogen functional groups attached to an aromatic ring is 1. The van der Waals surface area contributed by atoms with E-state index in [4.69, 9.17) is 19.9 Å². The highest BCUT2D eigenvalue weighted by atomic mass is 31.2. The summed E-state index contributed by atoms with van der Waals surface area (Å²) in [6.45, 7) is 3.25. The van der Waals surface area contributed by atoms with Crippen LogP contribution in [0.4, 0.5) is 5.95 Å². The van der Waals surface area contributed by atoms with Crippen LogP contribution in [0.15, 0.2) is 11.0 Å². The Morgan fingerprint density at radius 2 is 1.38 bits per heavy atom. The summed E-state index contributed by atoms with van der Waals surface area (Å²) < 4.78 is 24.3. The molecular weight excluding hydrogens is 593 g/mol. The van der Waals surface area contributed by atoms with Crippen molar-refractivity contribution in [3.8, 4) is 0 Å². The predicted molar refractivity (Wildman–Crippen MR) is 184 cm³/mol. The molecular formula is C33H62N5O6P. The van der Waals surface area contributed by atoms with Gasteiger partial charge >= 0.3 is 7.60 Å². The molecule has 2 heterocycles. The summed E-state index contributed by atoms with van der Waals surface area (Å²) in [5, 5.41) is 22.4. The van der Waals surface area contributed by atoms with Crippen LogP contribution in [0.1, 0.15) is 134 Å². The maximum atomic E-state index is 13.2. The summed E-state index contributed by atoms with van der Waals surface area (Å²) in [5.41, 5.74) is 6.88. The van der Waals surface area contributed by atoms with Crippen LogP contribution in [0.3, 0.4) is 0 Å². The lowest BCUT2D eigenvalue weighted by atomic mass is 10.0. The molecule has 260 valence electrons. The SMILES string of the molecule is CCOP(=O)(C[C@H](O)CNCc1c[nH]c2c(=O)[nH]c(N)nc12)OCCCCCCCCCCCCCCCCCCCCCO. The molecule has 2 atom stereocenters. The van der Waals surface area contributed by atoms with Crippen molar-refractivity contribution >= 4 is 24.6 Å². The number of nitrogens with zero attached hydrogens (tertiary/aromatic N) is 1. The monoisotopic (exact) mass is 655 g/mol. The Bertz CT molecular complexity index is 1130. The second-order valence-electron chi connectivity index (χ2n) is 12.3. The Labute approximate surface area is 270 Å². The highest BCUT2D eigenvalue weighted by Gasteiger charge is 2.28. The van der Waals surface area contributed by atoms with Gasteiger partial charge in [-0.25, -0.2) is 4.98 Å². The van der Waals surface area contributed by atoms with Crippen LogP contribution < -0.4 is 16.6 Å². The van der Waals surface area contributed by atoms with Crippen molar-refractivity contribution in [2.24, 2.45) is 0 Å². The number of aliphatic hydroxyl groups is 2. The third-order valence-electron chi connectivity index (χ3n) is 8.18. The molecule has 2 aromatic heterocycles. The van der Waals surface area contributed by atoms with Crippen molar-refractivity contribution in [3.05, 3.63) is 22.1 Å². The van der Waals surface area contributed by atoms with E-state index in [1.165, 1.54) is 96.3 Å². The summed E-state index contributed by atoms with van der Waals surface area (Å²) in [7, 11) is -3.40. The Morgan fingerprint density at radius 1 is 0.867 bits per heavy atom. The minimum absolute atomic E-state index is 0.0411. The molecule has 1 unspecified atom stereocenters. The smallest absolute Gasteiger partial charge is 0.333 e. The normalized spacial score (nSPS) is 13.8. The largest absolute Gasteiger partial charge is 0.396 e. The van der Waals surface area contributed by atoms with E-state index in [-0.39, 0.29) is 30.8 Å². The Morgan fingerprint density at radius 3 is 1.89 bits per heavy atom. The number of H-pyrrole nitrogens is 2. The van der Waals surface area contributed by atoms with Gasteiger partial charge in [-0.05, 0) is 19.8 Å². The highest BCUT2D eigenvalue weighted by molar-refractivity contribution is 7.53. The average molecular weight is 656 g/mol. The summed E-state index contributed by atoms with van der Waals surface area (Å²) in [6, 6.07) is 0. The molecule has 2 aromatic rings. The number of aliphatic hydroxyl groups excluding tert-OH is 2. The number of hydrogen-bond acceptors (Lipinski definition) is 9. The molecule has 0 saturated heterocycles. The van der Waals surface area contributed by atoms with E-state index >= 15 is 0 Å². The van der Waals surface area contributed by atoms with Crippen LogP contribution in [0.25, 0.3) is 11.0 Å². The first-order chi connectivity index (χ1) is 21.9. The van der Waals surface area contributed by atoms with Gasteiger partial charge < -0.3 is 35.3 Å². The molecule has 0 fully saturated rings. The van der Waals surface area contributed by atoms with Gasteiger partial charge in [0.05, 0.1) is 25.5 Å². The number of anilines is 1. The van der Waals surface area contributed by atoms with Crippen LogP contribution in [-0.4, -0.2) is 63.8 Å². The molecule has 0 aliphatic carbocycles. The van der Waals surface area contributed by atoms with Gasteiger partial charge in [-0.15, -0.1) is 0 Å². The molecule has 0 saturated carbocycles. The minimum Gasteiger partial charge on any atom is -0.396 e. The van der Waals surface area contributed by atoms with Gasteiger partial charge in [0.1, 0.15) is 11.0 Å². The number of rotatable bonds is 30. The molecule has 45 heavy (non-hydrogen) atoms. The summed E-state index contributed by atoms with van der Waals surface area (Å²) in [6.07, 6.45) is 24.5. The number of nitrogens with two attached hydrogens (primary N) is 1. The molecule has 0 bridgehead atoms. The maximum Gasteiger partial charge on any atom is 0.333 e. The minimum atomic E-state index is -3.40. The van der Waals surface area contributed by atoms with Gasteiger partial charge in [-0.3, -0.25) is 14.3 Å². The van der Waals surface area contributed by atoms with Crippen molar-refractivity contribution < 1.29 is 23.8 Å². The van der Waals surface area contributed by atoms with E-state index in [9.17, 15) is 14.5 Å². The Kier molecular flexibility index (Phi) is 21.4. The zero-order valence-electron chi connectivity index (χ0n) is 27.8.